The monoisotopic (exact) mass is 155 g/mol. The summed E-state index contributed by atoms with van der Waals surface area (Å²) in [5.74, 6) is 6.56. The fourth-order valence-corrected chi connectivity index (χ4v) is 0.975. The molecular formula is C6H13N5. The zero-order chi connectivity index (χ0) is 8.65. The van der Waals surface area contributed by atoms with Crippen molar-refractivity contribution in [2.24, 2.45) is 21.6 Å². The molecule has 0 bridgehead atoms. The van der Waals surface area contributed by atoms with Crippen molar-refractivity contribution in [3.05, 3.63) is 0 Å². The van der Waals surface area contributed by atoms with Gasteiger partial charge in [-0.3, -0.25) is 5.01 Å². The third-order valence-electron chi connectivity index (χ3n) is 1.55. The van der Waals surface area contributed by atoms with E-state index >= 15 is 0 Å². The SMILES string of the molecule is CC1=NC(C)(C)N(N)C(N)=N1. The van der Waals surface area contributed by atoms with Crippen molar-refractivity contribution in [3.8, 4) is 0 Å². The smallest absolute Gasteiger partial charge is 0.214 e. The lowest BCUT2D eigenvalue weighted by Crippen LogP contribution is -2.56. The molecule has 62 valence electrons. The van der Waals surface area contributed by atoms with E-state index in [-0.39, 0.29) is 0 Å². The van der Waals surface area contributed by atoms with Gasteiger partial charge in [0.05, 0.1) is 0 Å². The maximum Gasteiger partial charge on any atom is 0.214 e. The average molecular weight is 155 g/mol. The first kappa shape index (κ1) is 8.00. The number of nitrogens with two attached hydrogens (primary N) is 2. The molecule has 1 rings (SSSR count). The van der Waals surface area contributed by atoms with Gasteiger partial charge in [-0.25, -0.2) is 10.8 Å². The molecule has 1 heterocycles. The van der Waals surface area contributed by atoms with E-state index in [1.165, 1.54) is 5.01 Å². The van der Waals surface area contributed by atoms with Crippen LogP contribution in [0.5, 0.6) is 0 Å². The summed E-state index contributed by atoms with van der Waals surface area (Å²) in [6.45, 7) is 5.54. The van der Waals surface area contributed by atoms with E-state index in [2.05, 4.69) is 9.98 Å². The van der Waals surface area contributed by atoms with Gasteiger partial charge in [0.1, 0.15) is 11.5 Å². The second kappa shape index (κ2) is 2.20. The molecule has 0 saturated carbocycles. The van der Waals surface area contributed by atoms with E-state index in [1.54, 1.807) is 6.92 Å². The van der Waals surface area contributed by atoms with Crippen LogP contribution in [0.3, 0.4) is 0 Å². The van der Waals surface area contributed by atoms with Crippen LogP contribution in [0.15, 0.2) is 9.98 Å². The number of aliphatic imine (C=N–C) groups is 2. The second-order valence-electron chi connectivity index (χ2n) is 2.99. The van der Waals surface area contributed by atoms with Crippen LogP contribution in [-0.4, -0.2) is 22.5 Å². The largest absolute Gasteiger partial charge is 0.368 e. The molecule has 0 spiro atoms. The van der Waals surface area contributed by atoms with Crippen molar-refractivity contribution >= 4 is 11.8 Å². The summed E-state index contributed by atoms with van der Waals surface area (Å²) in [5, 5.41) is 1.35. The Morgan fingerprint density at radius 2 is 2.00 bits per heavy atom. The molecule has 0 saturated heterocycles. The number of nitrogens with zero attached hydrogens (tertiary/aromatic N) is 3. The highest BCUT2D eigenvalue weighted by Crippen LogP contribution is 2.15. The summed E-state index contributed by atoms with van der Waals surface area (Å²) in [4.78, 5) is 8.10. The van der Waals surface area contributed by atoms with Gasteiger partial charge in [0.15, 0.2) is 0 Å². The molecule has 5 heteroatoms. The minimum Gasteiger partial charge on any atom is -0.368 e. The molecule has 1 aliphatic rings. The predicted octanol–water partition coefficient (Wildman–Crippen LogP) is -0.355. The molecule has 0 aromatic heterocycles. The average Bonchev–Trinajstić information content (AvgIpc) is 1.81. The van der Waals surface area contributed by atoms with Crippen molar-refractivity contribution in [2.75, 3.05) is 0 Å². The first-order valence-electron chi connectivity index (χ1n) is 3.39. The first-order valence-corrected chi connectivity index (χ1v) is 3.39. The van der Waals surface area contributed by atoms with Crippen molar-refractivity contribution in [3.63, 3.8) is 0 Å². The zero-order valence-corrected chi connectivity index (χ0v) is 7.00. The van der Waals surface area contributed by atoms with Gasteiger partial charge in [0.25, 0.3) is 0 Å². The number of amidine groups is 1. The van der Waals surface area contributed by atoms with E-state index in [1.807, 2.05) is 13.8 Å². The van der Waals surface area contributed by atoms with Crippen LogP contribution >= 0.6 is 0 Å². The van der Waals surface area contributed by atoms with E-state index < -0.39 is 5.66 Å². The van der Waals surface area contributed by atoms with Crippen molar-refractivity contribution in [1.29, 1.82) is 0 Å². The van der Waals surface area contributed by atoms with Crippen LogP contribution < -0.4 is 11.6 Å². The molecule has 5 nitrogen and oxygen atoms in total. The van der Waals surface area contributed by atoms with E-state index in [0.717, 1.165) is 0 Å². The number of rotatable bonds is 0. The normalized spacial score (nSPS) is 22.7. The molecule has 0 aliphatic carbocycles. The summed E-state index contributed by atoms with van der Waals surface area (Å²) in [6, 6.07) is 0. The minimum atomic E-state index is -0.476. The molecule has 4 N–H and O–H groups in total. The Bertz CT molecular complexity index is 227. The molecule has 0 aromatic carbocycles. The number of hydrogen-bond donors (Lipinski definition) is 2. The van der Waals surface area contributed by atoms with Crippen LogP contribution in [0, 0.1) is 0 Å². The topological polar surface area (TPSA) is 80.0 Å². The Morgan fingerprint density at radius 3 is 2.45 bits per heavy atom. The van der Waals surface area contributed by atoms with Crippen LogP contribution in [-0.2, 0) is 0 Å². The lowest BCUT2D eigenvalue weighted by molar-refractivity contribution is 0.223. The second-order valence-corrected chi connectivity index (χ2v) is 2.99. The highest BCUT2D eigenvalue weighted by atomic mass is 15.6. The summed E-state index contributed by atoms with van der Waals surface area (Å²) in [5.41, 5.74) is 5.04. The van der Waals surface area contributed by atoms with Gasteiger partial charge in [-0.15, -0.1) is 0 Å². The third-order valence-corrected chi connectivity index (χ3v) is 1.55. The van der Waals surface area contributed by atoms with E-state index in [4.69, 9.17) is 11.6 Å². The van der Waals surface area contributed by atoms with Crippen molar-refractivity contribution < 1.29 is 0 Å². The third kappa shape index (κ3) is 1.32. The number of guanidine groups is 1. The standard InChI is InChI=1S/C6H13N5/c1-4-9-5(7)11(8)6(2,3)10-4/h8H2,1-3H3,(H2,7,9,10). The molecule has 0 amide bonds. The Balaban J connectivity index is 3.01. The van der Waals surface area contributed by atoms with Crippen LogP contribution in [0.4, 0.5) is 0 Å². The van der Waals surface area contributed by atoms with Gasteiger partial charge >= 0.3 is 0 Å². The maximum absolute atomic E-state index is 5.59. The number of hydrazine groups is 1. The Morgan fingerprint density at radius 1 is 1.45 bits per heavy atom. The summed E-state index contributed by atoms with van der Waals surface area (Å²) < 4.78 is 0. The van der Waals surface area contributed by atoms with Crippen molar-refractivity contribution in [1.82, 2.24) is 5.01 Å². The maximum atomic E-state index is 5.59. The lowest BCUT2D eigenvalue weighted by atomic mass is 10.2. The van der Waals surface area contributed by atoms with E-state index in [0.29, 0.717) is 11.8 Å². The van der Waals surface area contributed by atoms with Crippen LogP contribution in [0.2, 0.25) is 0 Å². The van der Waals surface area contributed by atoms with Gasteiger partial charge in [-0.05, 0) is 20.8 Å². The van der Waals surface area contributed by atoms with Gasteiger partial charge in [-0.1, -0.05) is 0 Å². The molecule has 1 aliphatic heterocycles. The minimum absolute atomic E-state index is 0.308. The molecule has 0 aromatic rings. The predicted molar refractivity (Wildman–Crippen MR) is 44.8 cm³/mol. The Kier molecular flexibility index (Phi) is 1.60. The molecular weight excluding hydrogens is 142 g/mol. The van der Waals surface area contributed by atoms with Crippen LogP contribution in [0.1, 0.15) is 20.8 Å². The molecule has 0 fully saturated rings. The molecule has 0 atom stereocenters. The van der Waals surface area contributed by atoms with E-state index in [9.17, 15) is 0 Å². The highest BCUT2D eigenvalue weighted by molar-refractivity contribution is 5.96. The molecule has 11 heavy (non-hydrogen) atoms. The van der Waals surface area contributed by atoms with Gasteiger partial charge in [-0.2, -0.15) is 4.99 Å². The molecule has 0 unspecified atom stereocenters. The van der Waals surface area contributed by atoms with Gasteiger partial charge in [0, 0.05) is 0 Å². The summed E-state index contributed by atoms with van der Waals surface area (Å²) in [6.07, 6.45) is 0. The zero-order valence-electron chi connectivity index (χ0n) is 7.00. The Labute approximate surface area is 65.8 Å². The van der Waals surface area contributed by atoms with Gasteiger partial charge in [0.2, 0.25) is 5.96 Å². The van der Waals surface area contributed by atoms with Crippen molar-refractivity contribution in [2.45, 2.75) is 26.4 Å². The first-order chi connectivity index (χ1) is 4.93. The fraction of sp³-hybridized carbons (Fsp3) is 0.667. The summed E-state index contributed by atoms with van der Waals surface area (Å²) >= 11 is 0. The molecule has 0 radical (unpaired) electrons. The number of hydrogen-bond acceptors (Lipinski definition) is 5. The Hall–Kier alpha value is -1.10. The van der Waals surface area contributed by atoms with Gasteiger partial charge < -0.3 is 5.73 Å². The highest BCUT2D eigenvalue weighted by Gasteiger charge is 2.28. The quantitative estimate of drug-likeness (QED) is 0.469. The summed E-state index contributed by atoms with van der Waals surface area (Å²) in [7, 11) is 0. The fourth-order valence-electron chi connectivity index (χ4n) is 0.975. The lowest BCUT2D eigenvalue weighted by Gasteiger charge is -2.34. The van der Waals surface area contributed by atoms with Crippen LogP contribution in [0.25, 0.3) is 0 Å².